The number of hydrogen-bond acceptors (Lipinski definition) is 3. The van der Waals surface area contributed by atoms with Crippen LogP contribution in [0.15, 0.2) is 30.6 Å². The third kappa shape index (κ3) is 1.51. The molecule has 0 atom stereocenters. The minimum atomic E-state index is 0.749. The molecule has 13 heavy (non-hydrogen) atoms. The first-order chi connectivity index (χ1) is 6.40. The van der Waals surface area contributed by atoms with Crippen LogP contribution in [-0.4, -0.2) is 22.3 Å². The van der Waals surface area contributed by atoms with E-state index in [9.17, 15) is 0 Å². The van der Waals surface area contributed by atoms with E-state index in [0.29, 0.717) is 0 Å². The van der Waals surface area contributed by atoms with Crippen LogP contribution in [0.1, 0.15) is 0 Å². The Balaban J connectivity index is 2.41. The van der Waals surface area contributed by atoms with Gasteiger partial charge in [-0.1, -0.05) is 12.1 Å². The quantitative estimate of drug-likeness (QED) is 0.752. The number of benzene rings is 1. The lowest BCUT2D eigenvalue weighted by molar-refractivity contribution is 0.415. The van der Waals surface area contributed by atoms with Gasteiger partial charge in [0, 0.05) is 5.56 Å². The van der Waals surface area contributed by atoms with Crippen LogP contribution < -0.4 is 4.74 Å². The highest BCUT2D eigenvalue weighted by molar-refractivity contribution is 5.56. The van der Waals surface area contributed by atoms with E-state index in [0.717, 1.165) is 17.1 Å². The Morgan fingerprint density at radius 1 is 1.38 bits per heavy atom. The average molecular weight is 175 g/mol. The molecule has 2 aromatic rings. The molecule has 0 saturated carbocycles. The predicted molar refractivity (Wildman–Crippen MR) is 48.4 cm³/mol. The first kappa shape index (κ1) is 7.79. The second kappa shape index (κ2) is 3.26. The van der Waals surface area contributed by atoms with E-state index in [-0.39, 0.29) is 0 Å². The largest absolute Gasteiger partial charge is 0.497 e. The Labute approximate surface area is 75.6 Å². The van der Waals surface area contributed by atoms with E-state index in [1.807, 2.05) is 24.3 Å². The summed E-state index contributed by atoms with van der Waals surface area (Å²) < 4.78 is 5.09. The monoisotopic (exact) mass is 175 g/mol. The first-order valence-corrected chi connectivity index (χ1v) is 3.90. The lowest BCUT2D eigenvalue weighted by atomic mass is 10.2. The number of ether oxygens (including phenoxy) is 1. The zero-order valence-corrected chi connectivity index (χ0v) is 7.19. The molecular weight excluding hydrogens is 166 g/mol. The lowest BCUT2D eigenvalue weighted by Crippen LogP contribution is -1.84. The van der Waals surface area contributed by atoms with E-state index in [1.165, 1.54) is 0 Å². The molecule has 0 saturated heterocycles. The summed E-state index contributed by atoms with van der Waals surface area (Å²) in [6, 6.07) is 7.65. The van der Waals surface area contributed by atoms with Crippen molar-refractivity contribution in [2.24, 2.45) is 0 Å². The number of hydrogen-bond donors (Lipinski definition) is 1. The van der Waals surface area contributed by atoms with Crippen molar-refractivity contribution in [2.75, 3.05) is 7.11 Å². The summed E-state index contributed by atoms with van der Waals surface area (Å²) in [6.07, 6.45) is 1.55. The van der Waals surface area contributed by atoms with Gasteiger partial charge in [-0.15, -0.1) is 10.2 Å². The molecule has 66 valence electrons. The standard InChI is InChI=1S/C9H9N3O/c1-13-8-4-2-3-7(5-8)9-10-6-11-12-9/h2-6H,1H3,(H,10,11,12). The highest BCUT2D eigenvalue weighted by Gasteiger charge is 2.00. The first-order valence-electron chi connectivity index (χ1n) is 3.90. The lowest BCUT2D eigenvalue weighted by Gasteiger charge is -2.00. The van der Waals surface area contributed by atoms with Gasteiger partial charge in [-0.3, -0.25) is 0 Å². The van der Waals surface area contributed by atoms with Gasteiger partial charge in [0.05, 0.1) is 7.11 Å². The third-order valence-corrected chi connectivity index (χ3v) is 1.76. The number of methoxy groups -OCH3 is 1. The SMILES string of the molecule is COc1cccc(-c2nnc[nH]2)c1. The van der Waals surface area contributed by atoms with Crippen LogP contribution in [0.25, 0.3) is 11.4 Å². The molecule has 0 spiro atoms. The molecule has 0 aliphatic rings. The molecule has 2 rings (SSSR count). The Morgan fingerprint density at radius 2 is 2.31 bits per heavy atom. The second-order valence-corrected chi connectivity index (χ2v) is 2.57. The molecule has 4 heteroatoms. The third-order valence-electron chi connectivity index (χ3n) is 1.76. The van der Waals surface area contributed by atoms with Crippen molar-refractivity contribution >= 4 is 0 Å². The van der Waals surface area contributed by atoms with Gasteiger partial charge in [0.1, 0.15) is 12.1 Å². The number of nitrogens with zero attached hydrogens (tertiary/aromatic N) is 2. The number of nitrogens with one attached hydrogen (secondary N) is 1. The Kier molecular flexibility index (Phi) is 1.96. The van der Waals surface area contributed by atoms with E-state index in [4.69, 9.17) is 4.74 Å². The summed E-state index contributed by atoms with van der Waals surface area (Å²) in [5.74, 6) is 1.56. The van der Waals surface area contributed by atoms with Crippen LogP contribution in [0, 0.1) is 0 Å². The Bertz CT molecular complexity index is 384. The molecule has 0 unspecified atom stereocenters. The van der Waals surface area contributed by atoms with Crippen molar-refractivity contribution in [2.45, 2.75) is 0 Å². The summed E-state index contributed by atoms with van der Waals surface area (Å²) in [5, 5.41) is 7.61. The Morgan fingerprint density at radius 3 is 3.00 bits per heavy atom. The normalized spacial score (nSPS) is 9.92. The fourth-order valence-corrected chi connectivity index (χ4v) is 1.12. The van der Waals surface area contributed by atoms with Crippen molar-refractivity contribution in [1.82, 2.24) is 15.2 Å². The van der Waals surface area contributed by atoms with E-state index >= 15 is 0 Å². The van der Waals surface area contributed by atoms with Crippen LogP contribution in [0.2, 0.25) is 0 Å². The molecule has 0 aliphatic carbocycles. The van der Waals surface area contributed by atoms with Gasteiger partial charge in [-0.2, -0.15) is 0 Å². The van der Waals surface area contributed by atoms with Crippen molar-refractivity contribution in [3.05, 3.63) is 30.6 Å². The second-order valence-electron chi connectivity index (χ2n) is 2.57. The summed E-state index contributed by atoms with van der Waals surface area (Å²) in [7, 11) is 1.64. The number of aromatic amines is 1. The zero-order valence-electron chi connectivity index (χ0n) is 7.19. The minimum Gasteiger partial charge on any atom is -0.497 e. The number of rotatable bonds is 2. The maximum Gasteiger partial charge on any atom is 0.161 e. The maximum atomic E-state index is 5.09. The summed E-state index contributed by atoms with van der Waals surface area (Å²) in [4.78, 5) is 2.93. The van der Waals surface area contributed by atoms with Crippen LogP contribution >= 0.6 is 0 Å². The molecule has 0 fully saturated rings. The number of H-pyrrole nitrogens is 1. The zero-order chi connectivity index (χ0) is 9.10. The molecule has 0 bridgehead atoms. The van der Waals surface area contributed by atoms with Gasteiger partial charge in [0.2, 0.25) is 0 Å². The molecule has 0 amide bonds. The van der Waals surface area contributed by atoms with Crippen molar-refractivity contribution in [1.29, 1.82) is 0 Å². The van der Waals surface area contributed by atoms with Crippen LogP contribution in [0.4, 0.5) is 0 Å². The van der Waals surface area contributed by atoms with Crippen LogP contribution in [0.3, 0.4) is 0 Å². The van der Waals surface area contributed by atoms with Crippen molar-refractivity contribution in [3.8, 4) is 17.1 Å². The van der Waals surface area contributed by atoms with Gasteiger partial charge in [-0.05, 0) is 12.1 Å². The Hall–Kier alpha value is -1.84. The number of aromatic nitrogens is 3. The average Bonchev–Trinajstić information content (AvgIpc) is 2.71. The van der Waals surface area contributed by atoms with Crippen LogP contribution in [0.5, 0.6) is 5.75 Å². The van der Waals surface area contributed by atoms with E-state index in [2.05, 4.69) is 15.2 Å². The molecule has 1 heterocycles. The fourth-order valence-electron chi connectivity index (χ4n) is 1.12. The smallest absolute Gasteiger partial charge is 0.161 e. The molecule has 4 nitrogen and oxygen atoms in total. The molecule has 1 aromatic heterocycles. The van der Waals surface area contributed by atoms with Crippen molar-refractivity contribution in [3.63, 3.8) is 0 Å². The topological polar surface area (TPSA) is 50.8 Å². The molecular formula is C9H9N3O. The highest BCUT2D eigenvalue weighted by atomic mass is 16.5. The molecule has 0 radical (unpaired) electrons. The van der Waals surface area contributed by atoms with Gasteiger partial charge in [0.25, 0.3) is 0 Å². The summed E-state index contributed by atoms with van der Waals surface area (Å²) in [5.41, 5.74) is 0.969. The van der Waals surface area contributed by atoms with Crippen LogP contribution in [-0.2, 0) is 0 Å². The molecule has 0 aliphatic heterocycles. The van der Waals surface area contributed by atoms with Gasteiger partial charge in [-0.25, -0.2) is 0 Å². The summed E-state index contributed by atoms with van der Waals surface area (Å²) in [6.45, 7) is 0. The maximum absolute atomic E-state index is 5.09. The highest BCUT2D eigenvalue weighted by Crippen LogP contribution is 2.19. The summed E-state index contributed by atoms with van der Waals surface area (Å²) >= 11 is 0. The predicted octanol–water partition coefficient (Wildman–Crippen LogP) is 1.48. The minimum absolute atomic E-state index is 0.749. The van der Waals surface area contributed by atoms with Gasteiger partial charge in [0.15, 0.2) is 5.82 Å². The fraction of sp³-hybridized carbons (Fsp3) is 0.111. The van der Waals surface area contributed by atoms with Gasteiger partial charge >= 0.3 is 0 Å². The van der Waals surface area contributed by atoms with Crippen molar-refractivity contribution < 1.29 is 4.74 Å². The molecule has 1 N–H and O–H groups in total. The van der Waals surface area contributed by atoms with Gasteiger partial charge < -0.3 is 9.72 Å². The molecule has 1 aromatic carbocycles. The van der Waals surface area contributed by atoms with E-state index in [1.54, 1.807) is 13.4 Å². The van der Waals surface area contributed by atoms with E-state index < -0.39 is 0 Å².